The molecule has 0 radical (unpaired) electrons. The lowest BCUT2D eigenvalue weighted by Gasteiger charge is -2.33. The minimum Gasteiger partial charge on any atom is -0.378 e. The second-order valence-corrected chi connectivity index (χ2v) is 3.45. The molecule has 2 fully saturated rings. The van der Waals surface area contributed by atoms with Gasteiger partial charge in [0.1, 0.15) is 0 Å². The molecule has 0 spiro atoms. The van der Waals surface area contributed by atoms with E-state index in [-0.39, 0.29) is 0 Å². The van der Waals surface area contributed by atoms with Crippen LogP contribution in [0, 0.1) is 11.8 Å². The maximum absolute atomic E-state index is 5.49. The Kier molecular flexibility index (Phi) is 1.66. The zero-order valence-corrected chi connectivity index (χ0v) is 6.47. The van der Waals surface area contributed by atoms with Crippen LogP contribution in [-0.2, 0) is 4.74 Å². The highest BCUT2D eigenvalue weighted by atomic mass is 16.5. The van der Waals surface area contributed by atoms with Gasteiger partial charge in [0, 0.05) is 6.61 Å². The van der Waals surface area contributed by atoms with Crippen LogP contribution in [-0.4, -0.2) is 25.8 Å². The molecule has 2 nitrogen and oxygen atoms in total. The highest BCUT2D eigenvalue weighted by Gasteiger charge is 2.34. The SMILES string of the molecule is CC1OCCC1C1CNC1. The zero-order chi connectivity index (χ0) is 6.97. The molecule has 2 rings (SSSR count). The van der Waals surface area contributed by atoms with E-state index in [2.05, 4.69) is 12.2 Å². The molecule has 0 saturated carbocycles. The molecule has 2 heteroatoms. The summed E-state index contributed by atoms with van der Waals surface area (Å²) in [6, 6.07) is 0. The van der Waals surface area contributed by atoms with Gasteiger partial charge in [-0.3, -0.25) is 0 Å². The first-order chi connectivity index (χ1) is 4.88. The first-order valence-corrected chi connectivity index (χ1v) is 4.20. The minimum atomic E-state index is 0.520. The van der Waals surface area contributed by atoms with Crippen molar-refractivity contribution in [3.05, 3.63) is 0 Å². The van der Waals surface area contributed by atoms with Gasteiger partial charge in [-0.15, -0.1) is 0 Å². The van der Waals surface area contributed by atoms with Crippen molar-refractivity contribution in [3.63, 3.8) is 0 Å². The van der Waals surface area contributed by atoms with Crippen LogP contribution >= 0.6 is 0 Å². The maximum atomic E-state index is 5.49. The molecule has 0 aromatic heterocycles. The summed E-state index contributed by atoms with van der Waals surface area (Å²) in [5.74, 6) is 1.76. The van der Waals surface area contributed by atoms with Gasteiger partial charge in [0.05, 0.1) is 6.10 Å². The van der Waals surface area contributed by atoms with Crippen molar-refractivity contribution in [1.29, 1.82) is 0 Å². The predicted molar refractivity (Wildman–Crippen MR) is 39.9 cm³/mol. The molecule has 58 valence electrons. The Morgan fingerprint density at radius 2 is 2.20 bits per heavy atom. The largest absolute Gasteiger partial charge is 0.378 e. The lowest BCUT2D eigenvalue weighted by atomic mass is 9.83. The molecule has 0 aliphatic carbocycles. The molecule has 1 N–H and O–H groups in total. The summed E-state index contributed by atoms with van der Waals surface area (Å²) in [5, 5.41) is 3.30. The molecule has 2 atom stereocenters. The Labute approximate surface area is 61.9 Å². The van der Waals surface area contributed by atoms with Crippen molar-refractivity contribution >= 4 is 0 Å². The second kappa shape index (κ2) is 2.51. The first-order valence-electron chi connectivity index (χ1n) is 4.20. The Morgan fingerprint density at radius 3 is 2.60 bits per heavy atom. The van der Waals surface area contributed by atoms with E-state index >= 15 is 0 Å². The third-order valence-corrected chi connectivity index (χ3v) is 2.85. The van der Waals surface area contributed by atoms with E-state index in [4.69, 9.17) is 4.74 Å². The highest BCUT2D eigenvalue weighted by molar-refractivity contribution is 4.87. The van der Waals surface area contributed by atoms with Crippen LogP contribution in [0.3, 0.4) is 0 Å². The summed E-state index contributed by atoms with van der Waals surface area (Å²) in [6.07, 6.45) is 1.81. The molecule has 0 aromatic rings. The molecule has 2 aliphatic heterocycles. The van der Waals surface area contributed by atoms with Crippen molar-refractivity contribution in [2.24, 2.45) is 11.8 Å². The minimum absolute atomic E-state index is 0.520. The van der Waals surface area contributed by atoms with Crippen LogP contribution in [0.4, 0.5) is 0 Å². The topological polar surface area (TPSA) is 21.3 Å². The van der Waals surface area contributed by atoms with Crippen molar-refractivity contribution in [2.75, 3.05) is 19.7 Å². The third-order valence-electron chi connectivity index (χ3n) is 2.85. The van der Waals surface area contributed by atoms with E-state index in [0.29, 0.717) is 6.10 Å². The average Bonchev–Trinajstić information content (AvgIpc) is 2.12. The van der Waals surface area contributed by atoms with Gasteiger partial charge in [0.15, 0.2) is 0 Å². The van der Waals surface area contributed by atoms with Gasteiger partial charge in [0.25, 0.3) is 0 Å². The number of nitrogens with one attached hydrogen (secondary N) is 1. The van der Waals surface area contributed by atoms with Crippen LogP contribution in [0.1, 0.15) is 13.3 Å². The predicted octanol–water partition coefficient (Wildman–Crippen LogP) is 0.631. The summed E-state index contributed by atoms with van der Waals surface area (Å²) in [6.45, 7) is 5.63. The fraction of sp³-hybridized carbons (Fsp3) is 1.00. The van der Waals surface area contributed by atoms with E-state index in [1.807, 2.05) is 0 Å². The van der Waals surface area contributed by atoms with Crippen molar-refractivity contribution in [1.82, 2.24) is 5.32 Å². The molecule has 2 saturated heterocycles. The van der Waals surface area contributed by atoms with Gasteiger partial charge >= 0.3 is 0 Å². The molecule has 10 heavy (non-hydrogen) atoms. The van der Waals surface area contributed by atoms with Crippen LogP contribution < -0.4 is 5.32 Å². The number of hydrogen-bond donors (Lipinski definition) is 1. The Bertz CT molecular complexity index is 122. The van der Waals surface area contributed by atoms with Crippen LogP contribution in [0.25, 0.3) is 0 Å². The Hall–Kier alpha value is -0.0800. The Morgan fingerprint density at radius 1 is 1.40 bits per heavy atom. The molecule has 0 aromatic carbocycles. The highest BCUT2D eigenvalue weighted by Crippen LogP contribution is 2.29. The number of hydrogen-bond acceptors (Lipinski definition) is 2. The lowest BCUT2D eigenvalue weighted by molar-refractivity contribution is 0.0785. The molecule has 0 bridgehead atoms. The van der Waals surface area contributed by atoms with E-state index in [9.17, 15) is 0 Å². The molecule has 0 amide bonds. The quantitative estimate of drug-likeness (QED) is 0.578. The van der Waals surface area contributed by atoms with Gasteiger partial charge < -0.3 is 10.1 Å². The van der Waals surface area contributed by atoms with E-state index < -0.39 is 0 Å². The molecule has 2 unspecified atom stereocenters. The van der Waals surface area contributed by atoms with Crippen molar-refractivity contribution in [2.45, 2.75) is 19.4 Å². The van der Waals surface area contributed by atoms with E-state index in [1.165, 1.54) is 19.5 Å². The maximum Gasteiger partial charge on any atom is 0.0579 e. The van der Waals surface area contributed by atoms with Gasteiger partial charge in [-0.2, -0.15) is 0 Å². The zero-order valence-electron chi connectivity index (χ0n) is 6.47. The monoisotopic (exact) mass is 141 g/mol. The van der Waals surface area contributed by atoms with E-state index in [1.54, 1.807) is 0 Å². The summed E-state index contributed by atoms with van der Waals surface area (Å²) in [7, 11) is 0. The summed E-state index contributed by atoms with van der Waals surface area (Å²) < 4.78 is 5.49. The van der Waals surface area contributed by atoms with Crippen molar-refractivity contribution < 1.29 is 4.74 Å². The average molecular weight is 141 g/mol. The van der Waals surface area contributed by atoms with E-state index in [0.717, 1.165) is 18.4 Å². The van der Waals surface area contributed by atoms with Gasteiger partial charge in [0.2, 0.25) is 0 Å². The molecule has 2 aliphatic rings. The van der Waals surface area contributed by atoms with Crippen molar-refractivity contribution in [3.8, 4) is 0 Å². The summed E-state index contributed by atoms with van der Waals surface area (Å²) >= 11 is 0. The Balaban J connectivity index is 1.90. The lowest BCUT2D eigenvalue weighted by Crippen LogP contribution is -2.47. The van der Waals surface area contributed by atoms with Crippen LogP contribution in [0.2, 0.25) is 0 Å². The van der Waals surface area contributed by atoms with Gasteiger partial charge in [-0.25, -0.2) is 0 Å². The van der Waals surface area contributed by atoms with Crippen LogP contribution in [0.15, 0.2) is 0 Å². The summed E-state index contributed by atoms with van der Waals surface area (Å²) in [4.78, 5) is 0. The second-order valence-electron chi connectivity index (χ2n) is 3.45. The molecular formula is C8H15NO. The fourth-order valence-corrected chi connectivity index (χ4v) is 1.98. The van der Waals surface area contributed by atoms with Crippen LogP contribution in [0.5, 0.6) is 0 Å². The first kappa shape index (κ1) is 6.62. The third kappa shape index (κ3) is 0.956. The standard InChI is InChI=1S/C8H15NO/c1-6-8(2-3-10-6)7-4-9-5-7/h6-9H,2-5H2,1H3. The molecule has 2 heterocycles. The smallest absolute Gasteiger partial charge is 0.0579 e. The summed E-state index contributed by atoms with van der Waals surface area (Å²) in [5.41, 5.74) is 0. The normalized spacial score (nSPS) is 41.7. The van der Waals surface area contributed by atoms with Gasteiger partial charge in [-0.05, 0) is 38.3 Å². The number of ether oxygens (including phenoxy) is 1. The number of rotatable bonds is 1. The fourth-order valence-electron chi connectivity index (χ4n) is 1.98. The molecular weight excluding hydrogens is 126 g/mol. The van der Waals surface area contributed by atoms with Gasteiger partial charge in [-0.1, -0.05) is 0 Å².